The van der Waals surface area contributed by atoms with Gasteiger partial charge >= 0.3 is 6.47 Å². The van der Waals surface area contributed by atoms with Gasteiger partial charge in [0.25, 0.3) is 0 Å². The van der Waals surface area contributed by atoms with Crippen molar-refractivity contribution in [3.8, 4) is 0 Å². The Morgan fingerprint density at radius 2 is 1.12 bits per heavy atom. The summed E-state index contributed by atoms with van der Waals surface area (Å²) >= 11 is 0. The van der Waals surface area contributed by atoms with Crippen LogP contribution in [0, 0.1) is 0 Å². The molecular formula is CH5O16+. The molecular weight excluding hydrogens is 268 g/mol. The van der Waals surface area contributed by atoms with Gasteiger partial charge in [0, 0.05) is 25.2 Å². The van der Waals surface area contributed by atoms with Gasteiger partial charge in [0.05, 0.1) is 0 Å². The van der Waals surface area contributed by atoms with Crippen molar-refractivity contribution < 1.29 is 80.9 Å². The molecule has 0 aromatic heterocycles. The van der Waals surface area contributed by atoms with E-state index in [9.17, 15) is 4.79 Å². The molecule has 0 amide bonds. The lowest BCUT2D eigenvalue weighted by Gasteiger charge is -1.95. The van der Waals surface area contributed by atoms with Gasteiger partial charge in [-0.05, 0) is 35.9 Å². The Morgan fingerprint density at radius 1 is 0.765 bits per heavy atom. The van der Waals surface area contributed by atoms with E-state index in [0.717, 1.165) is 0 Å². The Balaban J connectivity index is 0. The van der Waals surface area contributed by atoms with Gasteiger partial charge in [0.1, 0.15) is 4.82 Å². The Bertz CT molecular complexity index is 127. The highest BCUT2D eigenvalue weighted by Gasteiger charge is 1.95. The first kappa shape index (κ1) is 18.3. The van der Waals surface area contributed by atoms with E-state index in [2.05, 4.69) is 50.2 Å². The molecule has 0 radical (unpaired) electrons. The molecule has 104 valence electrons. The Morgan fingerprint density at radius 3 is 1.47 bits per heavy atom. The monoisotopic (exact) mass is 273 g/mol. The van der Waals surface area contributed by atoms with Gasteiger partial charge in [-0.3, -0.25) is 9.68 Å². The van der Waals surface area contributed by atoms with Gasteiger partial charge in [-0.15, -0.1) is 0 Å². The zero-order valence-electron chi connectivity index (χ0n) is 7.27. The molecule has 0 unspecified atom stereocenters. The van der Waals surface area contributed by atoms with Gasteiger partial charge in [0.2, 0.25) is 0 Å². The molecule has 16 nitrogen and oxygen atoms in total. The van der Waals surface area contributed by atoms with E-state index >= 15 is 0 Å². The van der Waals surface area contributed by atoms with Crippen molar-refractivity contribution >= 4 is 6.47 Å². The predicted octanol–water partition coefficient (Wildman–Crippen LogP) is -1.03. The highest BCUT2D eigenvalue weighted by atomic mass is 17.9. The summed E-state index contributed by atoms with van der Waals surface area (Å²) in [6.07, 6.45) is 0. The molecule has 0 aromatic carbocycles. The van der Waals surface area contributed by atoms with Crippen LogP contribution in [0.2, 0.25) is 0 Å². The van der Waals surface area contributed by atoms with Gasteiger partial charge in [-0.1, -0.05) is 0 Å². The van der Waals surface area contributed by atoms with Gasteiger partial charge in [-0.25, -0.2) is 5.26 Å². The maximum absolute atomic E-state index is 9.36. The molecule has 16 heteroatoms. The summed E-state index contributed by atoms with van der Waals surface area (Å²) in [6, 6.07) is 0. The fraction of sp³-hybridized carbons (Fsp3) is 0. The molecule has 0 aliphatic carbocycles. The fourth-order valence-corrected chi connectivity index (χ4v) is 0.113. The summed E-state index contributed by atoms with van der Waals surface area (Å²) in [5.74, 6) is 0. The highest BCUT2D eigenvalue weighted by Crippen LogP contribution is 1.88. The summed E-state index contributed by atoms with van der Waals surface area (Å²) in [5, 5.41) is 58.0. The largest absolute Gasteiger partial charge is 0.334 e. The molecule has 0 atom stereocenters. The van der Waals surface area contributed by atoms with Gasteiger partial charge < -0.3 is 0 Å². The zero-order chi connectivity index (χ0) is 13.4. The number of hydrogen-bond acceptors (Lipinski definition) is 15. The normalized spacial score (nSPS) is 9.71. The van der Waals surface area contributed by atoms with E-state index in [1.54, 1.807) is 0 Å². The molecule has 0 fully saturated rings. The Labute approximate surface area is 88.7 Å². The van der Waals surface area contributed by atoms with Crippen LogP contribution in [0.5, 0.6) is 0 Å². The van der Waals surface area contributed by atoms with Crippen molar-refractivity contribution in [3.63, 3.8) is 0 Å². The van der Waals surface area contributed by atoms with E-state index in [4.69, 9.17) is 21.0 Å². The molecule has 0 heterocycles. The Kier molecular flexibility index (Phi) is 18.6. The van der Waals surface area contributed by atoms with Crippen molar-refractivity contribution in [3.05, 3.63) is 0 Å². The van der Waals surface area contributed by atoms with Crippen molar-refractivity contribution in [1.29, 1.82) is 0 Å². The van der Waals surface area contributed by atoms with Crippen LogP contribution in [0.25, 0.3) is 0 Å². The average Bonchev–Trinajstić information content (AvgIpc) is 2.26. The zero-order valence-corrected chi connectivity index (χ0v) is 7.27. The quantitative estimate of drug-likeness (QED) is 0.124. The SMILES string of the molecule is O=COOOOOOOOOOO.O[O+](O)O. The summed E-state index contributed by atoms with van der Waals surface area (Å²) in [7, 11) is 0. The maximum atomic E-state index is 9.36. The molecule has 0 rings (SSSR count). The third kappa shape index (κ3) is 31.3. The molecule has 0 aliphatic rings. The lowest BCUT2D eigenvalue weighted by atomic mass is 11.7. The average molecular weight is 273 g/mol. The van der Waals surface area contributed by atoms with Crippen LogP contribution in [0.1, 0.15) is 0 Å². The molecule has 0 aliphatic heterocycles. The number of carbonyl (C=O) groups is 1. The molecule has 0 spiro atoms. The van der Waals surface area contributed by atoms with Gasteiger partial charge in [0.15, 0.2) is 0 Å². The first-order chi connectivity index (χ1) is 8.15. The minimum atomic E-state index is -0.417. The van der Waals surface area contributed by atoms with Crippen molar-refractivity contribution in [2.24, 2.45) is 0 Å². The second-order valence-electron chi connectivity index (χ2n) is 1.06. The summed E-state index contributed by atoms with van der Waals surface area (Å²) in [5.41, 5.74) is 0. The van der Waals surface area contributed by atoms with E-state index < -0.39 is 4.82 Å². The van der Waals surface area contributed by atoms with Crippen LogP contribution in [-0.2, 0) is 59.8 Å². The van der Waals surface area contributed by atoms with Crippen LogP contribution in [0.15, 0.2) is 0 Å². The lowest BCUT2D eigenvalue weighted by molar-refractivity contribution is -0.852. The van der Waals surface area contributed by atoms with E-state index in [-0.39, 0.29) is 6.47 Å². The van der Waals surface area contributed by atoms with Crippen LogP contribution < -0.4 is 0 Å². The molecule has 0 aromatic rings. The van der Waals surface area contributed by atoms with Crippen LogP contribution in [0.3, 0.4) is 0 Å². The van der Waals surface area contributed by atoms with Crippen LogP contribution >= 0.6 is 0 Å². The summed E-state index contributed by atoms with van der Waals surface area (Å²) < 4.78 is 0. The van der Waals surface area contributed by atoms with Crippen LogP contribution in [0.4, 0.5) is 0 Å². The highest BCUT2D eigenvalue weighted by molar-refractivity contribution is 5.35. The minimum absolute atomic E-state index is 0.115. The third-order valence-corrected chi connectivity index (χ3v) is 0.303. The van der Waals surface area contributed by atoms with Crippen molar-refractivity contribution in [2.45, 2.75) is 0 Å². The van der Waals surface area contributed by atoms with Crippen LogP contribution in [-0.4, -0.2) is 27.5 Å². The Hall–Kier alpha value is -1.09. The smallest absolute Gasteiger partial charge is 0.270 e. The minimum Gasteiger partial charge on any atom is -0.270 e. The number of hydrogen-bond donors (Lipinski definition) is 4. The predicted molar refractivity (Wildman–Crippen MR) is 28.5 cm³/mol. The van der Waals surface area contributed by atoms with Crippen molar-refractivity contribution in [1.82, 2.24) is 0 Å². The van der Waals surface area contributed by atoms with E-state index in [1.165, 1.54) is 0 Å². The summed E-state index contributed by atoms with van der Waals surface area (Å²) in [4.78, 5) is 12.4. The van der Waals surface area contributed by atoms with Crippen molar-refractivity contribution in [2.75, 3.05) is 0 Å². The molecule has 0 bridgehead atoms. The standard InChI is InChI=1S/CH2O12.H3O4/c2-1-4-6-8-10-12-13-11-9-7-5-3;1-4(2)3/h1,3H;1-3H/q;+1. The van der Waals surface area contributed by atoms with Gasteiger partial charge in [-0.2, -0.15) is 0 Å². The first-order valence-electron chi connectivity index (χ1n) is 2.70. The lowest BCUT2D eigenvalue weighted by Crippen LogP contribution is -2.02. The number of rotatable bonds is 10. The second kappa shape index (κ2) is 17.3. The molecule has 0 saturated heterocycles. The second-order valence-corrected chi connectivity index (χ2v) is 1.06. The number of carbonyl (C=O) groups excluding carboxylic acids is 1. The topological polar surface area (TPSA) is 193 Å². The fourth-order valence-electron chi connectivity index (χ4n) is 0.113. The van der Waals surface area contributed by atoms with E-state index in [0.29, 0.717) is 0 Å². The third-order valence-electron chi connectivity index (χ3n) is 0.303. The maximum Gasteiger partial charge on any atom is 0.334 e. The molecule has 17 heavy (non-hydrogen) atoms. The van der Waals surface area contributed by atoms with E-state index in [1.807, 2.05) is 0 Å². The molecule has 0 saturated carbocycles. The molecule has 4 N–H and O–H groups in total. The summed E-state index contributed by atoms with van der Waals surface area (Å²) in [6.45, 7) is -0.115. The first-order valence-corrected chi connectivity index (χ1v) is 2.70.